The number of halogens is 1. The molecule has 1 N–H and O–H groups in total. The van der Waals surface area contributed by atoms with E-state index in [1.807, 2.05) is 0 Å². The molecule has 0 amide bonds. The van der Waals surface area contributed by atoms with Crippen molar-refractivity contribution in [3.05, 3.63) is 29.8 Å². The summed E-state index contributed by atoms with van der Waals surface area (Å²) in [5.74, 6) is 0.0533. The van der Waals surface area contributed by atoms with Gasteiger partial charge in [-0.15, -0.1) is 0 Å². The van der Waals surface area contributed by atoms with Gasteiger partial charge < -0.3 is 5.11 Å². The standard InChI is InChI=1S/C11H14FNO/c12-11-9(2-1-5-13-11)6-8-3-4-10(14)7-8/h1-2,5,8,10,14H,3-4,6-7H2. The number of aromatic nitrogens is 1. The minimum Gasteiger partial charge on any atom is -0.393 e. The lowest BCUT2D eigenvalue weighted by atomic mass is 9.99. The van der Waals surface area contributed by atoms with Gasteiger partial charge in [0.25, 0.3) is 0 Å². The summed E-state index contributed by atoms with van der Waals surface area (Å²) in [5.41, 5.74) is 0.673. The summed E-state index contributed by atoms with van der Waals surface area (Å²) >= 11 is 0. The fourth-order valence-electron chi connectivity index (χ4n) is 2.12. The molecule has 76 valence electrons. The van der Waals surface area contributed by atoms with Crippen molar-refractivity contribution < 1.29 is 9.50 Å². The minimum absolute atomic E-state index is 0.181. The van der Waals surface area contributed by atoms with Crippen molar-refractivity contribution in [2.45, 2.75) is 31.8 Å². The van der Waals surface area contributed by atoms with Gasteiger partial charge in [0.1, 0.15) is 0 Å². The van der Waals surface area contributed by atoms with Crippen molar-refractivity contribution in [2.75, 3.05) is 0 Å². The maximum Gasteiger partial charge on any atom is 0.216 e. The second-order valence-electron chi connectivity index (χ2n) is 3.99. The van der Waals surface area contributed by atoms with Crippen molar-refractivity contribution in [2.24, 2.45) is 5.92 Å². The zero-order valence-electron chi connectivity index (χ0n) is 7.99. The molecule has 14 heavy (non-hydrogen) atoms. The zero-order valence-corrected chi connectivity index (χ0v) is 7.99. The van der Waals surface area contributed by atoms with Crippen LogP contribution in [0.4, 0.5) is 4.39 Å². The molecule has 2 rings (SSSR count). The van der Waals surface area contributed by atoms with Crippen molar-refractivity contribution in [3.8, 4) is 0 Å². The molecule has 2 atom stereocenters. The highest BCUT2D eigenvalue weighted by atomic mass is 19.1. The Kier molecular flexibility index (Phi) is 2.77. The van der Waals surface area contributed by atoms with E-state index in [0.29, 0.717) is 17.9 Å². The fourth-order valence-corrected chi connectivity index (χ4v) is 2.12. The quantitative estimate of drug-likeness (QED) is 0.731. The number of hydrogen-bond donors (Lipinski definition) is 1. The summed E-state index contributed by atoms with van der Waals surface area (Å²) in [7, 11) is 0. The second-order valence-corrected chi connectivity index (χ2v) is 3.99. The predicted octanol–water partition coefficient (Wildman–Crippen LogP) is 1.92. The van der Waals surface area contributed by atoms with E-state index in [9.17, 15) is 9.50 Å². The number of nitrogens with zero attached hydrogens (tertiary/aromatic N) is 1. The number of aliphatic hydroxyl groups excluding tert-OH is 1. The van der Waals surface area contributed by atoms with Crippen molar-refractivity contribution >= 4 is 0 Å². The first kappa shape index (κ1) is 9.59. The maximum atomic E-state index is 13.2. The Morgan fingerprint density at radius 2 is 2.36 bits per heavy atom. The number of hydrogen-bond acceptors (Lipinski definition) is 2. The molecule has 3 heteroatoms. The molecule has 1 fully saturated rings. The van der Waals surface area contributed by atoms with Gasteiger partial charge >= 0.3 is 0 Å². The Labute approximate surface area is 82.8 Å². The van der Waals surface area contributed by atoms with Crippen LogP contribution in [0.25, 0.3) is 0 Å². The Balaban J connectivity index is 2.01. The predicted molar refractivity (Wildman–Crippen MR) is 51.2 cm³/mol. The lowest BCUT2D eigenvalue weighted by Gasteiger charge is -2.08. The molecule has 1 aliphatic rings. The summed E-state index contributed by atoms with van der Waals surface area (Å²) < 4.78 is 13.2. The number of aliphatic hydroxyl groups is 1. The second kappa shape index (κ2) is 4.05. The van der Waals surface area contributed by atoms with Gasteiger partial charge in [0.15, 0.2) is 0 Å². The third-order valence-electron chi connectivity index (χ3n) is 2.86. The van der Waals surface area contributed by atoms with E-state index in [1.54, 1.807) is 12.1 Å². The van der Waals surface area contributed by atoms with E-state index in [0.717, 1.165) is 19.3 Å². The summed E-state index contributed by atoms with van der Waals surface area (Å²) in [6, 6.07) is 3.52. The first-order chi connectivity index (χ1) is 6.75. The highest BCUT2D eigenvalue weighted by molar-refractivity contribution is 5.11. The normalized spacial score (nSPS) is 26.7. The molecular weight excluding hydrogens is 181 g/mol. The SMILES string of the molecule is OC1CCC(Cc2cccnc2F)C1. The van der Waals surface area contributed by atoms with Crippen molar-refractivity contribution in [1.29, 1.82) is 0 Å². The van der Waals surface area contributed by atoms with Crippen LogP contribution in [-0.2, 0) is 6.42 Å². The zero-order chi connectivity index (χ0) is 9.97. The van der Waals surface area contributed by atoms with Crippen LogP contribution in [0.3, 0.4) is 0 Å². The Morgan fingerprint density at radius 3 is 3.00 bits per heavy atom. The van der Waals surface area contributed by atoms with Gasteiger partial charge in [-0.2, -0.15) is 4.39 Å². The Bertz CT molecular complexity index is 316. The van der Waals surface area contributed by atoms with Gasteiger partial charge in [-0.1, -0.05) is 6.07 Å². The summed E-state index contributed by atoms with van der Waals surface area (Å²) in [6.45, 7) is 0. The molecule has 0 aromatic carbocycles. The van der Waals surface area contributed by atoms with Gasteiger partial charge in [0, 0.05) is 11.8 Å². The molecular formula is C11H14FNO. The largest absolute Gasteiger partial charge is 0.393 e. The van der Waals surface area contributed by atoms with Crippen LogP contribution in [0.5, 0.6) is 0 Å². The van der Waals surface area contributed by atoms with Crippen LogP contribution in [0.1, 0.15) is 24.8 Å². The summed E-state index contributed by atoms with van der Waals surface area (Å²) in [4.78, 5) is 3.61. The van der Waals surface area contributed by atoms with E-state index in [4.69, 9.17) is 0 Å². The van der Waals surface area contributed by atoms with Gasteiger partial charge in [0.2, 0.25) is 5.95 Å². The third kappa shape index (κ3) is 2.10. The molecule has 1 aromatic heterocycles. The maximum absolute atomic E-state index is 13.2. The Morgan fingerprint density at radius 1 is 1.50 bits per heavy atom. The average molecular weight is 195 g/mol. The molecule has 0 radical (unpaired) electrons. The molecule has 1 heterocycles. The topological polar surface area (TPSA) is 33.1 Å². The summed E-state index contributed by atoms with van der Waals surface area (Å²) in [5, 5.41) is 9.34. The first-order valence-corrected chi connectivity index (χ1v) is 5.03. The van der Waals surface area contributed by atoms with E-state index < -0.39 is 0 Å². The van der Waals surface area contributed by atoms with Crippen molar-refractivity contribution in [3.63, 3.8) is 0 Å². The van der Waals surface area contributed by atoms with E-state index in [2.05, 4.69) is 4.98 Å². The van der Waals surface area contributed by atoms with E-state index in [-0.39, 0.29) is 12.1 Å². The van der Waals surface area contributed by atoms with Crippen LogP contribution in [-0.4, -0.2) is 16.2 Å². The van der Waals surface area contributed by atoms with Crippen LogP contribution in [0.2, 0.25) is 0 Å². The highest BCUT2D eigenvalue weighted by Crippen LogP contribution is 2.28. The minimum atomic E-state index is -0.367. The van der Waals surface area contributed by atoms with E-state index in [1.165, 1.54) is 6.20 Å². The average Bonchev–Trinajstić information content (AvgIpc) is 2.56. The first-order valence-electron chi connectivity index (χ1n) is 5.03. The highest BCUT2D eigenvalue weighted by Gasteiger charge is 2.23. The number of rotatable bonds is 2. The lowest BCUT2D eigenvalue weighted by molar-refractivity contribution is 0.177. The van der Waals surface area contributed by atoms with Crippen LogP contribution in [0.15, 0.2) is 18.3 Å². The van der Waals surface area contributed by atoms with Gasteiger partial charge in [0.05, 0.1) is 6.10 Å². The lowest BCUT2D eigenvalue weighted by Crippen LogP contribution is -2.05. The smallest absolute Gasteiger partial charge is 0.216 e. The monoisotopic (exact) mass is 195 g/mol. The molecule has 1 aliphatic carbocycles. The number of pyridine rings is 1. The van der Waals surface area contributed by atoms with Gasteiger partial charge in [-0.25, -0.2) is 4.98 Å². The van der Waals surface area contributed by atoms with Crippen LogP contribution in [0, 0.1) is 11.9 Å². The van der Waals surface area contributed by atoms with Crippen LogP contribution >= 0.6 is 0 Å². The van der Waals surface area contributed by atoms with Gasteiger partial charge in [-0.3, -0.25) is 0 Å². The van der Waals surface area contributed by atoms with E-state index >= 15 is 0 Å². The van der Waals surface area contributed by atoms with Crippen molar-refractivity contribution in [1.82, 2.24) is 4.98 Å². The van der Waals surface area contributed by atoms with Gasteiger partial charge in [-0.05, 0) is 37.7 Å². The molecule has 2 nitrogen and oxygen atoms in total. The molecule has 0 saturated heterocycles. The third-order valence-corrected chi connectivity index (χ3v) is 2.86. The molecule has 2 unspecified atom stereocenters. The Hall–Kier alpha value is -0.960. The molecule has 0 spiro atoms. The molecule has 1 saturated carbocycles. The molecule has 0 bridgehead atoms. The fraction of sp³-hybridized carbons (Fsp3) is 0.545. The molecule has 1 aromatic rings. The van der Waals surface area contributed by atoms with Crippen LogP contribution < -0.4 is 0 Å². The molecule has 0 aliphatic heterocycles. The summed E-state index contributed by atoms with van der Waals surface area (Å²) in [6.07, 6.45) is 4.63.